The maximum atomic E-state index is 11.6. The van der Waals surface area contributed by atoms with E-state index in [4.69, 9.17) is 0 Å². The predicted molar refractivity (Wildman–Crippen MR) is 133 cm³/mol. The highest BCUT2D eigenvalue weighted by atomic mass is 127. The lowest BCUT2D eigenvalue weighted by molar-refractivity contribution is -0.121. The maximum Gasteiger partial charge on any atom is 0.220 e. The molecule has 2 aliphatic rings. The summed E-state index contributed by atoms with van der Waals surface area (Å²) in [6, 6.07) is 4.27. The SMILES string of the molecule is CN=C(NCc1ccc(N2CCN(C)CC2)nc1)N1CCC(CC(=O)NC)CC1.I. The number of pyridine rings is 1. The van der Waals surface area contributed by atoms with Crippen molar-refractivity contribution >= 4 is 41.7 Å². The number of rotatable bonds is 5. The monoisotopic (exact) mass is 529 g/mol. The van der Waals surface area contributed by atoms with Gasteiger partial charge >= 0.3 is 0 Å². The minimum atomic E-state index is 0. The summed E-state index contributed by atoms with van der Waals surface area (Å²) < 4.78 is 0. The number of halogens is 1. The molecule has 0 atom stereocenters. The fourth-order valence-corrected chi connectivity index (χ4v) is 3.97. The van der Waals surface area contributed by atoms with Gasteiger partial charge in [0.2, 0.25) is 5.91 Å². The van der Waals surface area contributed by atoms with Crippen LogP contribution in [0.3, 0.4) is 0 Å². The van der Waals surface area contributed by atoms with E-state index in [0.29, 0.717) is 18.9 Å². The number of hydrogen-bond donors (Lipinski definition) is 2. The molecule has 1 aromatic heterocycles. The number of amides is 1. The average Bonchev–Trinajstić information content (AvgIpc) is 2.76. The van der Waals surface area contributed by atoms with E-state index >= 15 is 0 Å². The molecule has 0 spiro atoms. The third-order valence-corrected chi connectivity index (χ3v) is 5.97. The minimum Gasteiger partial charge on any atom is -0.359 e. The summed E-state index contributed by atoms with van der Waals surface area (Å²) in [6.07, 6.45) is 4.63. The van der Waals surface area contributed by atoms with E-state index in [1.54, 1.807) is 7.05 Å². The summed E-state index contributed by atoms with van der Waals surface area (Å²) in [5, 5.41) is 6.19. The Balaban J connectivity index is 0.00000320. The smallest absolute Gasteiger partial charge is 0.220 e. The molecule has 2 aliphatic heterocycles. The van der Waals surface area contributed by atoms with Crippen LogP contribution in [-0.2, 0) is 11.3 Å². The van der Waals surface area contributed by atoms with Gasteiger partial charge in [0.25, 0.3) is 0 Å². The molecular formula is C21H36IN7O. The largest absolute Gasteiger partial charge is 0.359 e. The van der Waals surface area contributed by atoms with Crippen LogP contribution >= 0.6 is 24.0 Å². The van der Waals surface area contributed by atoms with Crippen LogP contribution in [-0.4, -0.2) is 87.1 Å². The van der Waals surface area contributed by atoms with Crippen LogP contribution in [0.2, 0.25) is 0 Å². The average molecular weight is 529 g/mol. The molecule has 2 saturated heterocycles. The second-order valence-corrected chi connectivity index (χ2v) is 8.02. The number of likely N-dealkylation sites (N-methyl/N-ethyl adjacent to an activating group) is 1. The summed E-state index contributed by atoms with van der Waals surface area (Å²) in [7, 11) is 5.69. The fraction of sp³-hybridized carbons (Fsp3) is 0.667. The number of carbonyl (C=O) groups is 1. The molecule has 3 heterocycles. The van der Waals surface area contributed by atoms with Crippen molar-refractivity contribution in [2.75, 3.05) is 65.3 Å². The number of nitrogens with zero attached hydrogens (tertiary/aromatic N) is 5. The van der Waals surface area contributed by atoms with Gasteiger partial charge in [0.05, 0.1) is 0 Å². The van der Waals surface area contributed by atoms with Gasteiger partial charge < -0.3 is 25.3 Å². The predicted octanol–water partition coefficient (Wildman–Crippen LogP) is 1.37. The van der Waals surface area contributed by atoms with Crippen LogP contribution in [0.15, 0.2) is 23.3 Å². The molecule has 0 unspecified atom stereocenters. The lowest BCUT2D eigenvalue weighted by atomic mass is 9.93. The number of likely N-dealkylation sites (tertiary alicyclic amines) is 1. The van der Waals surface area contributed by atoms with E-state index in [1.165, 1.54) is 0 Å². The van der Waals surface area contributed by atoms with Gasteiger partial charge in [-0.25, -0.2) is 4.98 Å². The summed E-state index contributed by atoms with van der Waals surface area (Å²) in [4.78, 5) is 27.7. The van der Waals surface area contributed by atoms with Gasteiger partial charge in [0.15, 0.2) is 5.96 Å². The summed E-state index contributed by atoms with van der Waals surface area (Å²) in [5.74, 6) is 2.59. The molecule has 0 radical (unpaired) electrons. The first kappa shape index (κ1) is 24.6. The first-order valence-electron chi connectivity index (χ1n) is 10.6. The van der Waals surface area contributed by atoms with Crippen molar-refractivity contribution in [2.45, 2.75) is 25.8 Å². The van der Waals surface area contributed by atoms with Crippen molar-refractivity contribution < 1.29 is 4.79 Å². The van der Waals surface area contributed by atoms with Gasteiger partial charge in [-0.3, -0.25) is 9.79 Å². The van der Waals surface area contributed by atoms with Crippen LogP contribution in [0.4, 0.5) is 5.82 Å². The molecular weight excluding hydrogens is 493 g/mol. The summed E-state index contributed by atoms with van der Waals surface area (Å²) in [5.41, 5.74) is 1.15. The summed E-state index contributed by atoms with van der Waals surface area (Å²) >= 11 is 0. The zero-order valence-electron chi connectivity index (χ0n) is 18.4. The van der Waals surface area contributed by atoms with E-state index < -0.39 is 0 Å². The molecule has 1 amide bonds. The highest BCUT2D eigenvalue weighted by molar-refractivity contribution is 14.0. The van der Waals surface area contributed by atoms with Gasteiger partial charge in [0.1, 0.15) is 5.82 Å². The van der Waals surface area contributed by atoms with E-state index in [9.17, 15) is 4.79 Å². The Bertz CT molecular complexity index is 681. The van der Waals surface area contributed by atoms with Crippen molar-refractivity contribution in [1.82, 2.24) is 25.4 Å². The Morgan fingerprint density at radius 3 is 2.43 bits per heavy atom. The molecule has 30 heavy (non-hydrogen) atoms. The Kier molecular flexibility index (Phi) is 10.1. The minimum absolute atomic E-state index is 0. The summed E-state index contributed by atoms with van der Waals surface area (Å²) in [6.45, 7) is 6.81. The molecule has 9 heteroatoms. The van der Waals surface area contributed by atoms with Crippen molar-refractivity contribution in [3.05, 3.63) is 23.9 Å². The first-order chi connectivity index (χ1) is 14.1. The highest BCUT2D eigenvalue weighted by Crippen LogP contribution is 2.20. The number of piperazine rings is 1. The zero-order chi connectivity index (χ0) is 20.6. The Morgan fingerprint density at radius 2 is 1.87 bits per heavy atom. The number of aliphatic imine (C=N–C) groups is 1. The van der Waals surface area contributed by atoms with E-state index in [0.717, 1.165) is 69.5 Å². The molecule has 0 aliphatic carbocycles. The number of carbonyl (C=O) groups excluding carboxylic acids is 1. The van der Waals surface area contributed by atoms with Gasteiger partial charge in [-0.2, -0.15) is 0 Å². The van der Waals surface area contributed by atoms with Crippen molar-refractivity contribution in [3.63, 3.8) is 0 Å². The van der Waals surface area contributed by atoms with Crippen LogP contribution in [0.1, 0.15) is 24.8 Å². The standard InChI is InChI=1S/C21H35N7O.HI/c1-22-20(29)14-17-6-8-28(9-7-17)21(23-2)25-16-18-4-5-19(24-15-18)27-12-10-26(3)11-13-27;/h4-5,15,17H,6-14,16H2,1-3H3,(H,22,29)(H,23,25);1H. The molecule has 0 bridgehead atoms. The molecule has 0 saturated carbocycles. The third-order valence-electron chi connectivity index (χ3n) is 5.97. The zero-order valence-corrected chi connectivity index (χ0v) is 20.8. The number of aromatic nitrogens is 1. The lowest BCUT2D eigenvalue weighted by Gasteiger charge is -2.34. The van der Waals surface area contributed by atoms with Crippen LogP contribution in [0, 0.1) is 5.92 Å². The number of anilines is 1. The van der Waals surface area contributed by atoms with Crippen LogP contribution in [0.25, 0.3) is 0 Å². The topological polar surface area (TPSA) is 76.1 Å². The van der Waals surface area contributed by atoms with Crippen molar-refractivity contribution in [3.8, 4) is 0 Å². The third kappa shape index (κ3) is 6.97. The van der Waals surface area contributed by atoms with E-state index in [-0.39, 0.29) is 29.9 Å². The number of piperidine rings is 1. The second-order valence-electron chi connectivity index (χ2n) is 8.02. The quantitative estimate of drug-likeness (QED) is 0.341. The fourth-order valence-electron chi connectivity index (χ4n) is 3.97. The van der Waals surface area contributed by atoms with E-state index in [1.807, 2.05) is 13.2 Å². The molecule has 2 fully saturated rings. The van der Waals surface area contributed by atoms with Gasteiger partial charge in [-0.05, 0) is 37.4 Å². The van der Waals surface area contributed by atoms with Crippen LogP contribution < -0.4 is 15.5 Å². The number of hydrogen-bond acceptors (Lipinski definition) is 5. The van der Waals surface area contributed by atoms with Gasteiger partial charge in [0, 0.05) is 72.5 Å². The molecule has 1 aromatic rings. The van der Waals surface area contributed by atoms with Gasteiger partial charge in [-0.1, -0.05) is 6.07 Å². The molecule has 8 nitrogen and oxygen atoms in total. The molecule has 0 aromatic carbocycles. The van der Waals surface area contributed by atoms with Crippen molar-refractivity contribution in [2.24, 2.45) is 10.9 Å². The van der Waals surface area contributed by atoms with E-state index in [2.05, 4.69) is 54.5 Å². The molecule has 2 N–H and O–H groups in total. The maximum absolute atomic E-state index is 11.6. The molecule has 3 rings (SSSR count). The Morgan fingerprint density at radius 1 is 1.17 bits per heavy atom. The molecule has 168 valence electrons. The number of nitrogens with one attached hydrogen (secondary N) is 2. The Labute approximate surface area is 197 Å². The van der Waals surface area contributed by atoms with Gasteiger partial charge in [-0.15, -0.1) is 24.0 Å². The van der Waals surface area contributed by atoms with Crippen LogP contribution in [0.5, 0.6) is 0 Å². The Hall–Kier alpha value is -1.62. The second kappa shape index (κ2) is 12.3. The lowest BCUT2D eigenvalue weighted by Crippen LogP contribution is -2.45. The number of guanidine groups is 1. The first-order valence-corrected chi connectivity index (χ1v) is 10.6. The highest BCUT2D eigenvalue weighted by Gasteiger charge is 2.23. The van der Waals surface area contributed by atoms with Crippen molar-refractivity contribution in [1.29, 1.82) is 0 Å². The normalized spacial score (nSPS) is 18.7.